The van der Waals surface area contributed by atoms with E-state index in [1.54, 1.807) is 12.1 Å². The van der Waals surface area contributed by atoms with Crippen molar-refractivity contribution in [2.45, 2.75) is 18.9 Å². The number of aromatic nitrogens is 2. The molecule has 1 aliphatic heterocycles. The van der Waals surface area contributed by atoms with E-state index >= 15 is 0 Å². The summed E-state index contributed by atoms with van der Waals surface area (Å²) in [6, 6.07) is 25.7. The van der Waals surface area contributed by atoms with E-state index in [1.165, 1.54) is 0 Å². The van der Waals surface area contributed by atoms with Crippen molar-refractivity contribution in [2.75, 3.05) is 4.90 Å². The van der Waals surface area contributed by atoms with Gasteiger partial charge < -0.3 is 4.90 Å². The van der Waals surface area contributed by atoms with Crippen molar-refractivity contribution < 1.29 is 4.79 Å². The molecule has 2 heterocycles. The highest BCUT2D eigenvalue weighted by Gasteiger charge is 2.33. The lowest BCUT2D eigenvalue weighted by atomic mass is 10.0. The second kappa shape index (κ2) is 6.92. The highest BCUT2D eigenvalue weighted by Crippen LogP contribution is 2.38. The Bertz CT molecular complexity index is 1240. The van der Waals surface area contributed by atoms with Crippen LogP contribution in [0.15, 0.2) is 79.0 Å². The number of fused-ring (bicyclic) bond motifs is 1. The number of anilines is 1. The van der Waals surface area contributed by atoms with Crippen LogP contribution < -0.4 is 4.90 Å². The second-order valence-corrected chi connectivity index (χ2v) is 7.19. The summed E-state index contributed by atoms with van der Waals surface area (Å²) in [4.78, 5) is 14.6. The average Bonchev–Trinajstić information content (AvgIpc) is 3.37. The van der Waals surface area contributed by atoms with Gasteiger partial charge in [0, 0.05) is 17.5 Å². The first-order valence-corrected chi connectivity index (χ1v) is 9.60. The molecule has 1 saturated heterocycles. The Balaban J connectivity index is 1.53. The van der Waals surface area contributed by atoms with E-state index in [1.807, 2.05) is 64.3 Å². The average molecular weight is 378 g/mol. The number of hydrogen-bond acceptors (Lipinski definition) is 3. The van der Waals surface area contributed by atoms with Crippen LogP contribution in [0.3, 0.4) is 0 Å². The molecule has 1 aromatic heterocycles. The summed E-state index contributed by atoms with van der Waals surface area (Å²) in [5.74, 6) is 0.151. The summed E-state index contributed by atoms with van der Waals surface area (Å²) in [6.07, 6.45) is 3.20. The highest BCUT2D eigenvalue weighted by atomic mass is 16.2. The van der Waals surface area contributed by atoms with Gasteiger partial charge in [-0.05, 0) is 54.4 Å². The van der Waals surface area contributed by atoms with Crippen molar-refractivity contribution in [1.29, 1.82) is 5.26 Å². The number of hydrogen-bond donors (Lipinski definition) is 0. The zero-order valence-electron chi connectivity index (χ0n) is 15.7. The maximum absolute atomic E-state index is 12.7. The Morgan fingerprint density at radius 2 is 1.72 bits per heavy atom. The number of nitrogens with zero attached hydrogens (tertiary/aromatic N) is 4. The predicted molar refractivity (Wildman–Crippen MR) is 112 cm³/mol. The maximum atomic E-state index is 12.7. The Kier molecular flexibility index (Phi) is 4.10. The minimum atomic E-state index is 0.0646. The molecule has 0 bridgehead atoms. The van der Waals surface area contributed by atoms with Gasteiger partial charge >= 0.3 is 0 Å². The zero-order chi connectivity index (χ0) is 19.8. The topological polar surface area (TPSA) is 61.9 Å². The van der Waals surface area contributed by atoms with Crippen molar-refractivity contribution >= 4 is 22.5 Å². The maximum Gasteiger partial charge on any atom is 0.227 e. The van der Waals surface area contributed by atoms with Crippen LogP contribution >= 0.6 is 0 Å². The summed E-state index contributed by atoms with van der Waals surface area (Å²) < 4.78 is 1.85. The van der Waals surface area contributed by atoms with E-state index in [0.29, 0.717) is 12.0 Å². The molecule has 1 amide bonds. The van der Waals surface area contributed by atoms with Crippen LogP contribution in [0, 0.1) is 11.3 Å². The van der Waals surface area contributed by atoms with Crippen LogP contribution in [-0.4, -0.2) is 15.7 Å². The number of carbonyl (C=O) groups excluding carboxylic acids is 1. The standard InChI is InChI=1S/C24H18N4O/c25-15-17-6-8-20(9-7-17)28-23-11-10-21(14-19(23)16-26-28)27-22(12-13-24(27)29)18-4-2-1-3-5-18/h1-11,14,16,22H,12-13H2/t22-/m0/s1. The number of carbonyl (C=O) groups is 1. The first-order valence-electron chi connectivity index (χ1n) is 9.60. The molecule has 0 spiro atoms. The van der Waals surface area contributed by atoms with Gasteiger partial charge in [-0.3, -0.25) is 4.79 Å². The summed E-state index contributed by atoms with van der Waals surface area (Å²) in [6.45, 7) is 0. The van der Waals surface area contributed by atoms with Crippen LogP contribution in [0.4, 0.5) is 5.69 Å². The molecule has 4 aromatic rings. The Morgan fingerprint density at radius 1 is 0.966 bits per heavy atom. The van der Waals surface area contributed by atoms with E-state index in [2.05, 4.69) is 23.3 Å². The predicted octanol–water partition coefficient (Wildman–Crippen LogP) is 4.77. The van der Waals surface area contributed by atoms with E-state index < -0.39 is 0 Å². The molecule has 0 unspecified atom stereocenters. The third kappa shape index (κ3) is 2.95. The van der Waals surface area contributed by atoms with Gasteiger partial charge in [-0.2, -0.15) is 10.4 Å². The molecule has 0 radical (unpaired) electrons. The molecule has 5 heteroatoms. The lowest BCUT2D eigenvalue weighted by molar-refractivity contribution is -0.117. The molecular formula is C24H18N4O. The number of amides is 1. The Hall–Kier alpha value is -3.91. The van der Waals surface area contributed by atoms with Gasteiger partial charge in [-0.1, -0.05) is 30.3 Å². The van der Waals surface area contributed by atoms with Gasteiger partial charge in [0.05, 0.1) is 35.1 Å². The van der Waals surface area contributed by atoms with Crippen LogP contribution in [-0.2, 0) is 4.79 Å². The second-order valence-electron chi connectivity index (χ2n) is 7.19. The van der Waals surface area contributed by atoms with Gasteiger partial charge in [0.2, 0.25) is 5.91 Å². The molecule has 1 atom stereocenters. The van der Waals surface area contributed by atoms with Crippen molar-refractivity contribution in [1.82, 2.24) is 9.78 Å². The van der Waals surface area contributed by atoms with Gasteiger partial charge in [0.1, 0.15) is 0 Å². The fraction of sp³-hybridized carbons (Fsp3) is 0.125. The molecule has 5 rings (SSSR count). The fourth-order valence-corrected chi connectivity index (χ4v) is 4.05. The van der Waals surface area contributed by atoms with Crippen LogP contribution in [0.25, 0.3) is 16.6 Å². The quantitative estimate of drug-likeness (QED) is 0.516. The summed E-state index contributed by atoms with van der Waals surface area (Å²) in [5.41, 5.74) is 4.53. The Labute approximate surface area is 168 Å². The van der Waals surface area contributed by atoms with Crippen LogP contribution in [0.1, 0.15) is 30.0 Å². The first kappa shape index (κ1) is 17.2. The monoisotopic (exact) mass is 378 g/mol. The molecule has 140 valence electrons. The number of nitriles is 1. The summed E-state index contributed by atoms with van der Waals surface area (Å²) >= 11 is 0. The van der Waals surface area contributed by atoms with E-state index in [0.717, 1.165) is 34.3 Å². The highest BCUT2D eigenvalue weighted by molar-refractivity contribution is 5.98. The van der Waals surface area contributed by atoms with Crippen molar-refractivity contribution in [3.8, 4) is 11.8 Å². The first-order chi connectivity index (χ1) is 14.2. The molecule has 29 heavy (non-hydrogen) atoms. The molecule has 1 fully saturated rings. The smallest absolute Gasteiger partial charge is 0.227 e. The lowest BCUT2D eigenvalue weighted by Gasteiger charge is -2.25. The molecule has 0 aliphatic carbocycles. The van der Waals surface area contributed by atoms with E-state index in [-0.39, 0.29) is 11.9 Å². The number of benzene rings is 3. The van der Waals surface area contributed by atoms with Crippen molar-refractivity contribution in [3.63, 3.8) is 0 Å². The summed E-state index contributed by atoms with van der Waals surface area (Å²) in [5, 5.41) is 14.5. The zero-order valence-corrected chi connectivity index (χ0v) is 15.7. The SMILES string of the molecule is N#Cc1ccc(-n2ncc3cc(N4C(=O)CC[C@H]4c4ccccc4)ccc32)cc1. The Morgan fingerprint density at radius 3 is 2.48 bits per heavy atom. The summed E-state index contributed by atoms with van der Waals surface area (Å²) in [7, 11) is 0. The molecule has 0 saturated carbocycles. The van der Waals surface area contributed by atoms with Crippen LogP contribution in [0.5, 0.6) is 0 Å². The minimum absolute atomic E-state index is 0.0646. The third-order valence-electron chi connectivity index (χ3n) is 5.47. The van der Waals surface area contributed by atoms with Crippen LogP contribution in [0.2, 0.25) is 0 Å². The molecule has 5 nitrogen and oxygen atoms in total. The van der Waals surface area contributed by atoms with E-state index in [4.69, 9.17) is 5.26 Å². The van der Waals surface area contributed by atoms with Crippen molar-refractivity contribution in [2.24, 2.45) is 0 Å². The lowest BCUT2D eigenvalue weighted by Crippen LogP contribution is -2.27. The minimum Gasteiger partial charge on any atom is -0.305 e. The molecule has 3 aromatic carbocycles. The largest absolute Gasteiger partial charge is 0.305 e. The van der Waals surface area contributed by atoms with Gasteiger partial charge in [0.15, 0.2) is 0 Å². The third-order valence-corrected chi connectivity index (χ3v) is 5.47. The number of rotatable bonds is 3. The van der Waals surface area contributed by atoms with Gasteiger partial charge in [-0.15, -0.1) is 0 Å². The van der Waals surface area contributed by atoms with E-state index in [9.17, 15) is 4.79 Å². The fourth-order valence-electron chi connectivity index (χ4n) is 4.05. The van der Waals surface area contributed by atoms with Gasteiger partial charge in [-0.25, -0.2) is 4.68 Å². The molecule has 1 aliphatic rings. The molecule has 0 N–H and O–H groups in total. The normalized spacial score (nSPS) is 16.3. The molecular weight excluding hydrogens is 360 g/mol. The van der Waals surface area contributed by atoms with Gasteiger partial charge in [0.25, 0.3) is 0 Å². The van der Waals surface area contributed by atoms with Crippen molar-refractivity contribution in [3.05, 3.63) is 90.1 Å².